The number of amides is 2. The van der Waals surface area contributed by atoms with Crippen molar-refractivity contribution in [2.45, 2.75) is 6.92 Å². The predicted molar refractivity (Wildman–Crippen MR) is 88.0 cm³/mol. The Hall–Kier alpha value is -2.14. The van der Waals surface area contributed by atoms with Crippen molar-refractivity contribution in [3.63, 3.8) is 0 Å². The minimum atomic E-state index is -0.157. The van der Waals surface area contributed by atoms with Gasteiger partial charge in [-0.3, -0.25) is 9.59 Å². The van der Waals surface area contributed by atoms with E-state index in [1.165, 1.54) is 0 Å². The number of hydrogen-bond acceptors (Lipinski definition) is 2. The van der Waals surface area contributed by atoms with Crippen LogP contribution in [-0.4, -0.2) is 17.1 Å². The SMILES string of the molecule is Cc1cc(NC(=O)CBr)ccc1NC(=O)c1ccccc1. The minimum Gasteiger partial charge on any atom is -0.325 e. The van der Waals surface area contributed by atoms with Gasteiger partial charge in [-0.25, -0.2) is 0 Å². The topological polar surface area (TPSA) is 58.2 Å². The molecule has 0 spiro atoms. The fourth-order valence-corrected chi connectivity index (χ4v) is 2.00. The van der Waals surface area contributed by atoms with Crippen molar-refractivity contribution in [3.05, 3.63) is 59.7 Å². The highest BCUT2D eigenvalue weighted by molar-refractivity contribution is 9.09. The first-order chi connectivity index (χ1) is 10.1. The first-order valence-electron chi connectivity index (χ1n) is 6.43. The second kappa shape index (κ2) is 7.04. The Morgan fingerprint density at radius 1 is 1.05 bits per heavy atom. The molecule has 0 aliphatic carbocycles. The minimum absolute atomic E-state index is 0.115. The van der Waals surface area contributed by atoms with Crippen LogP contribution >= 0.6 is 15.9 Å². The largest absolute Gasteiger partial charge is 0.325 e. The van der Waals surface area contributed by atoms with Crippen LogP contribution in [0.25, 0.3) is 0 Å². The summed E-state index contributed by atoms with van der Waals surface area (Å²) in [6, 6.07) is 14.4. The van der Waals surface area contributed by atoms with Crippen LogP contribution in [0, 0.1) is 6.92 Å². The summed E-state index contributed by atoms with van der Waals surface area (Å²) in [6.45, 7) is 1.88. The van der Waals surface area contributed by atoms with Crippen LogP contribution < -0.4 is 10.6 Å². The number of nitrogens with one attached hydrogen (secondary N) is 2. The number of halogens is 1. The van der Waals surface area contributed by atoms with Crippen molar-refractivity contribution in [2.75, 3.05) is 16.0 Å². The van der Waals surface area contributed by atoms with E-state index in [0.717, 1.165) is 11.3 Å². The molecule has 2 rings (SSSR count). The number of carbonyl (C=O) groups is 2. The summed E-state index contributed by atoms with van der Waals surface area (Å²) < 4.78 is 0. The number of carbonyl (C=O) groups excluding carboxylic acids is 2. The number of rotatable bonds is 4. The summed E-state index contributed by atoms with van der Waals surface area (Å²) in [4.78, 5) is 23.4. The average Bonchev–Trinajstić information content (AvgIpc) is 2.50. The molecule has 2 N–H and O–H groups in total. The Labute approximate surface area is 131 Å². The second-order valence-electron chi connectivity index (χ2n) is 4.53. The van der Waals surface area contributed by atoms with Gasteiger partial charge in [0.25, 0.3) is 5.91 Å². The fourth-order valence-electron chi connectivity index (χ4n) is 1.86. The van der Waals surface area contributed by atoms with E-state index < -0.39 is 0 Å². The smallest absolute Gasteiger partial charge is 0.255 e. The van der Waals surface area contributed by atoms with Crippen molar-refractivity contribution < 1.29 is 9.59 Å². The van der Waals surface area contributed by atoms with Gasteiger partial charge in [0.1, 0.15) is 0 Å². The second-order valence-corrected chi connectivity index (χ2v) is 5.09. The summed E-state index contributed by atoms with van der Waals surface area (Å²) >= 11 is 3.09. The quantitative estimate of drug-likeness (QED) is 0.831. The molecule has 0 aliphatic heterocycles. The molecule has 5 heteroatoms. The molecule has 0 saturated carbocycles. The van der Waals surface area contributed by atoms with Gasteiger partial charge >= 0.3 is 0 Å². The summed E-state index contributed by atoms with van der Waals surface area (Å²) in [5, 5.41) is 5.85. The van der Waals surface area contributed by atoms with Crippen LogP contribution in [0.5, 0.6) is 0 Å². The third-order valence-electron chi connectivity index (χ3n) is 2.92. The molecule has 0 fully saturated rings. The first-order valence-corrected chi connectivity index (χ1v) is 7.55. The highest BCUT2D eigenvalue weighted by Crippen LogP contribution is 2.20. The molecular formula is C16H15BrN2O2. The van der Waals surface area contributed by atoms with Crippen molar-refractivity contribution in [1.82, 2.24) is 0 Å². The van der Waals surface area contributed by atoms with E-state index >= 15 is 0 Å². The third kappa shape index (κ3) is 4.16. The van der Waals surface area contributed by atoms with E-state index in [4.69, 9.17) is 0 Å². The lowest BCUT2D eigenvalue weighted by molar-refractivity contribution is -0.113. The Morgan fingerprint density at radius 3 is 2.38 bits per heavy atom. The Morgan fingerprint density at radius 2 is 1.76 bits per heavy atom. The number of aryl methyl sites for hydroxylation is 1. The number of anilines is 2. The standard InChI is InChI=1S/C16H15BrN2O2/c1-11-9-13(18-15(20)10-17)7-8-14(11)19-16(21)12-5-3-2-4-6-12/h2-9H,10H2,1H3,(H,18,20)(H,19,21). The van der Waals surface area contributed by atoms with Gasteiger partial charge < -0.3 is 10.6 Å². The van der Waals surface area contributed by atoms with Crippen LogP contribution in [0.4, 0.5) is 11.4 Å². The van der Waals surface area contributed by atoms with E-state index in [0.29, 0.717) is 11.3 Å². The predicted octanol–water partition coefficient (Wildman–Crippen LogP) is 3.58. The lowest BCUT2D eigenvalue weighted by atomic mass is 10.1. The van der Waals surface area contributed by atoms with Crippen molar-refractivity contribution >= 4 is 39.1 Å². The van der Waals surface area contributed by atoms with Crippen LogP contribution in [0.2, 0.25) is 0 Å². The molecule has 108 valence electrons. The monoisotopic (exact) mass is 346 g/mol. The van der Waals surface area contributed by atoms with Gasteiger partial charge in [0.05, 0.1) is 5.33 Å². The maximum absolute atomic E-state index is 12.1. The van der Waals surface area contributed by atoms with Gasteiger partial charge in [-0.2, -0.15) is 0 Å². The van der Waals surface area contributed by atoms with Gasteiger partial charge in [-0.1, -0.05) is 34.1 Å². The lowest BCUT2D eigenvalue weighted by Crippen LogP contribution is -2.14. The van der Waals surface area contributed by atoms with E-state index in [-0.39, 0.29) is 17.1 Å². The van der Waals surface area contributed by atoms with Crippen molar-refractivity contribution in [3.8, 4) is 0 Å². The molecule has 0 bridgehead atoms. The molecule has 2 aromatic carbocycles. The highest BCUT2D eigenvalue weighted by Gasteiger charge is 2.08. The lowest BCUT2D eigenvalue weighted by Gasteiger charge is -2.11. The van der Waals surface area contributed by atoms with E-state index in [1.807, 2.05) is 31.2 Å². The zero-order chi connectivity index (χ0) is 15.2. The number of hydrogen-bond donors (Lipinski definition) is 2. The maximum Gasteiger partial charge on any atom is 0.255 e. The van der Waals surface area contributed by atoms with Gasteiger partial charge in [0, 0.05) is 16.9 Å². The van der Waals surface area contributed by atoms with Gasteiger partial charge in [0.2, 0.25) is 5.91 Å². The molecule has 21 heavy (non-hydrogen) atoms. The first kappa shape index (κ1) is 15.3. The molecule has 0 radical (unpaired) electrons. The van der Waals surface area contributed by atoms with Gasteiger partial charge in [-0.05, 0) is 42.8 Å². The fraction of sp³-hybridized carbons (Fsp3) is 0.125. The molecule has 0 atom stereocenters. The normalized spacial score (nSPS) is 10.0. The molecule has 2 aromatic rings. The van der Waals surface area contributed by atoms with Crippen LogP contribution in [0.1, 0.15) is 15.9 Å². The zero-order valence-corrected chi connectivity index (χ0v) is 13.1. The van der Waals surface area contributed by atoms with Crippen molar-refractivity contribution in [2.24, 2.45) is 0 Å². The van der Waals surface area contributed by atoms with Crippen LogP contribution in [-0.2, 0) is 4.79 Å². The number of benzene rings is 2. The van der Waals surface area contributed by atoms with Crippen LogP contribution in [0.15, 0.2) is 48.5 Å². The Balaban J connectivity index is 2.11. The Kier molecular flexibility index (Phi) is 5.11. The summed E-state index contributed by atoms with van der Waals surface area (Å²) in [5.74, 6) is -0.272. The van der Waals surface area contributed by atoms with E-state index in [2.05, 4.69) is 26.6 Å². The Bertz CT molecular complexity index is 657. The molecular weight excluding hydrogens is 332 g/mol. The summed E-state index contributed by atoms with van der Waals surface area (Å²) in [6.07, 6.45) is 0. The van der Waals surface area contributed by atoms with Crippen LogP contribution in [0.3, 0.4) is 0 Å². The average molecular weight is 347 g/mol. The third-order valence-corrected chi connectivity index (χ3v) is 3.42. The molecule has 0 aromatic heterocycles. The molecule has 2 amide bonds. The molecule has 0 heterocycles. The molecule has 0 aliphatic rings. The number of alkyl halides is 1. The molecule has 0 saturated heterocycles. The maximum atomic E-state index is 12.1. The van der Waals surface area contributed by atoms with Gasteiger partial charge in [0.15, 0.2) is 0 Å². The van der Waals surface area contributed by atoms with E-state index in [1.54, 1.807) is 24.3 Å². The molecule has 0 unspecified atom stereocenters. The zero-order valence-electron chi connectivity index (χ0n) is 11.5. The molecule has 4 nitrogen and oxygen atoms in total. The summed E-state index contributed by atoms with van der Waals surface area (Å²) in [5.41, 5.74) is 2.91. The highest BCUT2D eigenvalue weighted by atomic mass is 79.9. The van der Waals surface area contributed by atoms with Crippen molar-refractivity contribution in [1.29, 1.82) is 0 Å². The van der Waals surface area contributed by atoms with Gasteiger partial charge in [-0.15, -0.1) is 0 Å². The van der Waals surface area contributed by atoms with E-state index in [9.17, 15) is 9.59 Å². The summed E-state index contributed by atoms with van der Waals surface area (Å²) in [7, 11) is 0.